The van der Waals surface area contributed by atoms with Crippen molar-refractivity contribution < 1.29 is 31.5 Å². The highest BCUT2D eigenvalue weighted by molar-refractivity contribution is 5.76. The van der Waals surface area contributed by atoms with Crippen LogP contribution in [0.5, 0.6) is 0 Å². The average molecular weight is 462 g/mol. The third-order valence-corrected chi connectivity index (χ3v) is 5.37. The van der Waals surface area contributed by atoms with Crippen LogP contribution >= 0.6 is 0 Å². The second-order valence-corrected chi connectivity index (χ2v) is 7.69. The molecule has 1 aliphatic rings. The smallest absolute Gasteiger partial charge is 0.423 e. The number of esters is 1. The lowest BCUT2D eigenvalue weighted by molar-refractivity contribution is -0.218. The number of ether oxygens (including phenoxy) is 1. The van der Waals surface area contributed by atoms with Crippen molar-refractivity contribution in [3.05, 3.63) is 107 Å². The SMILES string of the molecule is O=C(OC1(Cc2cc(F)ccc2F)NC(c2ccccc2)C(c2ccccc2)N1)C(F)(F)F. The monoisotopic (exact) mass is 462 g/mol. The minimum atomic E-state index is -5.29. The van der Waals surface area contributed by atoms with Gasteiger partial charge >= 0.3 is 12.1 Å². The summed E-state index contributed by atoms with van der Waals surface area (Å²) in [5.74, 6) is -6.25. The van der Waals surface area contributed by atoms with Crippen molar-refractivity contribution in [1.29, 1.82) is 0 Å². The van der Waals surface area contributed by atoms with Crippen molar-refractivity contribution >= 4 is 5.97 Å². The zero-order chi connectivity index (χ0) is 23.6. The topological polar surface area (TPSA) is 50.4 Å². The van der Waals surface area contributed by atoms with Crippen LogP contribution in [0.25, 0.3) is 0 Å². The highest BCUT2D eigenvalue weighted by atomic mass is 19.4. The highest BCUT2D eigenvalue weighted by Gasteiger charge is 2.53. The van der Waals surface area contributed by atoms with Gasteiger partial charge in [-0.1, -0.05) is 60.7 Å². The Morgan fingerprint density at radius 2 is 1.36 bits per heavy atom. The first-order valence-corrected chi connectivity index (χ1v) is 10.1. The molecule has 9 heteroatoms. The molecule has 1 aliphatic heterocycles. The predicted molar refractivity (Wildman–Crippen MR) is 110 cm³/mol. The van der Waals surface area contributed by atoms with Gasteiger partial charge in [-0.2, -0.15) is 13.2 Å². The molecule has 1 saturated heterocycles. The molecule has 3 aromatic rings. The van der Waals surface area contributed by atoms with Gasteiger partial charge in [-0.3, -0.25) is 10.6 Å². The normalized spacial score (nSPS) is 22.8. The summed E-state index contributed by atoms with van der Waals surface area (Å²) in [7, 11) is 0. The predicted octanol–water partition coefficient (Wildman–Crippen LogP) is 4.94. The van der Waals surface area contributed by atoms with E-state index in [0.29, 0.717) is 11.1 Å². The van der Waals surface area contributed by atoms with Gasteiger partial charge in [0, 0.05) is 6.42 Å². The van der Waals surface area contributed by atoms with E-state index in [-0.39, 0.29) is 5.56 Å². The number of hydrogen-bond donors (Lipinski definition) is 2. The summed E-state index contributed by atoms with van der Waals surface area (Å²) in [6.45, 7) is 0. The van der Waals surface area contributed by atoms with Gasteiger partial charge in [-0.25, -0.2) is 13.6 Å². The lowest BCUT2D eigenvalue weighted by atomic mass is 9.95. The van der Waals surface area contributed by atoms with Crippen LogP contribution in [0.3, 0.4) is 0 Å². The lowest BCUT2D eigenvalue weighted by Gasteiger charge is -2.31. The van der Waals surface area contributed by atoms with Crippen molar-refractivity contribution in [2.24, 2.45) is 0 Å². The van der Waals surface area contributed by atoms with Crippen LogP contribution in [0.15, 0.2) is 78.9 Å². The maximum Gasteiger partial charge on any atom is 0.491 e. The van der Waals surface area contributed by atoms with Crippen molar-refractivity contribution in [1.82, 2.24) is 10.6 Å². The van der Waals surface area contributed by atoms with Crippen LogP contribution in [0.2, 0.25) is 0 Å². The summed E-state index contributed by atoms with van der Waals surface area (Å²) < 4.78 is 72.5. The Labute approximate surface area is 186 Å². The third kappa shape index (κ3) is 5.04. The molecule has 0 spiro atoms. The minimum Gasteiger partial charge on any atom is -0.423 e. The molecule has 33 heavy (non-hydrogen) atoms. The molecule has 2 N–H and O–H groups in total. The molecule has 0 saturated carbocycles. The molecule has 172 valence electrons. The van der Waals surface area contributed by atoms with Crippen LogP contribution in [-0.2, 0) is 16.0 Å². The van der Waals surface area contributed by atoms with Crippen molar-refractivity contribution in [3.8, 4) is 0 Å². The standard InChI is InChI=1S/C24H19F5N2O2/c25-18-11-12-19(26)17(13-18)14-23(33-22(32)24(27,28)29)30-20(15-7-3-1-4-8-15)21(31-23)16-9-5-2-6-10-16/h1-13,20-21,30-31H,14H2. The summed E-state index contributed by atoms with van der Waals surface area (Å²) >= 11 is 0. The Balaban J connectivity index is 1.79. The molecule has 4 nitrogen and oxygen atoms in total. The number of halogens is 5. The van der Waals surface area contributed by atoms with Gasteiger partial charge < -0.3 is 4.74 Å². The molecule has 0 radical (unpaired) electrons. The van der Waals surface area contributed by atoms with Crippen LogP contribution in [-0.4, -0.2) is 18.0 Å². The number of carbonyl (C=O) groups is 1. The van der Waals surface area contributed by atoms with Crippen molar-refractivity contribution in [2.75, 3.05) is 0 Å². The number of rotatable bonds is 5. The second-order valence-electron chi connectivity index (χ2n) is 7.69. The molecule has 0 aromatic heterocycles. The zero-order valence-corrected chi connectivity index (χ0v) is 17.1. The molecular formula is C24H19F5N2O2. The maximum absolute atomic E-state index is 14.4. The largest absolute Gasteiger partial charge is 0.491 e. The molecule has 0 amide bonds. The van der Waals surface area contributed by atoms with Crippen LogP contribution in [0.4, 0.5) is 22.0 Å². The lowest BCUT2D eigenvalue weighted by Crippen LogP contribution is -2.56. The van der Waals surface area contributed by atoms with E-state index < -0.39 is 48.1 Å². The molecule has 4 rings (SSSR count). The minimum absolute atomic E-state index is 0.259. The second kappa shape index (κ2) is 8.92. The fraction of sp³-hybridized carbons (Fsp3) is 0.208. The van der Waals surface area contributed by atoms with Crippen LogP contribution in [0.1, 0.15) is 28.8 Å². The Morgan fingerprint density at radius 3 is 1.85 bits per heavy atom. The molecule has 1 heterocycles. The summed E-state index contributed by atoms with van der Waals surface area (Å²) in [6.07, 6.45) is -5.88. The molecule has 2 unspecified atom stereocenters. The molecule has 0 bridgehead atoms. The number of benzene rings is 3. The fourth-order valence-corrected chi connectivity index (χ4v) is 3.94. The van der Waals surface area contributed by atoms with E-state index in [1.165, 1.54) is 0 Å². The summed E-state index contributed by atoms with van der Waals surface area (Å²) in [5, 5.41) is 5.85. The summed E-state index contributed by atoms with van der Waals surface area (Å²) in [4.78, 5) is 11.9. The van der Waals surface area contributed by atoms with E-state index in [0.717, 1.165) is 18.2 Å². The highest BCUT2D eigenvalue weighted by Crippen LogP contribution is 2.39. The molecule has 3 aromatic carbocycles. The van der Waals surface area contributed by atoms with E-state index in [1.807, 2.05) is 0 Å². The van der Waals surface area contributed by atoms with E-state index in [1.54, 1.807) is 60.7 Å². The summed E-state index contributed by atoms with van der Waals surface area (Å²) in [5.41, 5.74) is 1.14. The Hall–Kier alpha value is -3.30. The Morgan fingerprint density at radius 1 is 0.848 bits per heavy atom. The number of hydrogen-bond acceptors (Lipinski definition) is 4. The third-order valence-electron chi connectivity index (χ3n) is 5.37. The van der Waals surface area contributed by atoms with Gasteiger partial charge in [-0.05, 0) is 34.9 Å². The molecular weight excluding hydrogens is 443 g/mol. The molecule has 1 fully saturated rings. The summed E-state index contributed by atoms with van der Waals surface area (Å²) in [6, 6.07) is 19.0. The molecule has 0 aliphatic carbocycles. The van der Waals surface area contributed by atoms with E-state index in [9.17, 15) is 26.7 Å². The first-order chi connectivity index (χ1) is 15.7. The van der Waals surface area contributed by atoms with E-state index in [4.69, 9.17) is 4.74 Å². The van der Waals surface area contributed by atoms with Crippen LogP contribution in [0, 0.1) is 11.6 Å². The zero-order valence-electron chi connectivity index (χ0n) is 17.1. The van der Waals surface area contributed by atoms with Crippen molar-refractivity contribution in [2.45, 2.75) is 30.5 Å². The van der Waals surface area contributed by atoms with Crippen molar-refractivity contribution in [3.63, 3.8) is 0 Å². The maximum atomic E-state index is 14.4. The van der Waals surface area contributed by atoms with E-state index >= 15 is 0 Å². The van der Waals surface area contributed by atoms with Gasteiger partial charge in [0.25, 0.3) is 0 Å². The molecule has 2 atom stereocenters. The van der Waals surface area contributed by atoms with Gasteiger partial charge in [0.15, 0.2) is 0 Å². The van der Waals surface area contributed by atoms with Crippen LogP contribution < -0.4 is 10.6 Å². The van der Waals surface area contributed by atoms with Gasteiger partial charge in [0.2, 0.25) is 5.85 Å². The first-order valence-electron chi connectivity index (χ1n) is 10.1. The van der Waals surface area contributed by atoms with E-state index in [2.05, 4.69) is 10.6 Å². The fourth-order valence-electron chi connectivity index (χ4n) is 3.94. The quantitative estimate of drug-likeness (QED) is 0.417. The van der Waals surface area contributed by atoms with Gasteiger partial charge in [-0.15, -0.1) is 0 Å². The number of carbonyl (C=O) groups excluding carboxylic acids is 1. The average Bonchev–Trinajstić information content (AvgIpc) is 3.16. The first kappa shape index (κ1) is 22.9. The number of nitrogens with one attached hydrogen (secondary N) is 2. The van der Waals surface area contributed by atoms with Gasteiger partial charge in [0.05, 0.1) is 12.1 Å². The number of alkyl halides is 3. The van der Waals surface area contributed by atoms with Gasteiger partial charge in [0.1, 0.15) is 11.6 Å². The Kier molecular flexibility index (Phi) is 6.18. The Bertz CT molecular complexity index is 1080.